The van der Waals surface area contributed by atoms with E-state index in [-0.39, 0.29) is 11.8 Å². The molecule has 3 N–H and O–H groups in total. The molecule has 2 heterocycles. The maximum atomic E-state index is 13.3. The van der Waals surface area contributed by atoms with Gasteiger partial charge in [-0.25, -0.2) is 4.98 Å². The smallest absolute Gasteiger partial charge is 0.259 e. The summed E-state index contributed by atoms with van der Waals surface area (Å²) >= 11 is 0. The summed E-state index contributed by atoms with van der Waals surface area (Å²) in [7, 11) is 3.73. The molecule has 0 bridgehead atoms. The van der Waals surface area contributed by atoms with Crippen LogP contribution in [0.25, 0.3) is 0 Å². The van der Waals surface area contributed by atoms with Gasteiger partial charge in [-0.05, 0) is 68.1 Å². The predicted octanol–water partition coefficient (Wildman–Crippen LogP) is 4.69. The number of amidine groups is 1. The highest BCUT2D eigenvalue weighted by Crippen LogP contribution is 2.31. The predicted molar refractivity (Wildman–Crippen MR) is 144 cm³/mol. The van der Waals surface area contributed by atoms with Crippen molar-refractivity contribution in [2.24, 2.45) is 0 Å². The number of likely N-dealkylation sites (tertiary alicyclic amines) is 1. The van der Waals surface area contributed by atoms with Crippen LogP contribution in [0.15, 0.2) is 54.7 Å². The Hall–Kier alpha value is -4.20. The zero-order chi connectivity index (χ0) is 25.8. The van der Waals surface area contributed by atoms with Gasteiger partial charge < -0.3 is 20.4 Å². The van der Waals surface area contributed by atoms with Gasteiger partial charge in [0.2, 0.25) is 0 Å². The number of rotatable bonds is 6. The van der Waals surface area contributed by atoms with Gasteiger partial charge in [-0.3, -0.25) is 15.0 Å². The lowest BCUT2D eigenvalue weighted by molar-refractivity contribution is 0.102. The SMILES string of the molecule is Cc1ccc(NC(=O)c2cc(C)cc(N(C)C)c2NC(=O)c2ccc(C(=N)N3CCCC3)cc2)nc1. The summed E-state index contributed by atoms with van der Waals surface area (Å²) in [5.41, 5.74) is 4.61. The summed E-state index contributed by atoms with van der Waals surface area (Å²) in [6.45, 7) is 5.63. The Morgan fingerprint density at radius 1 is 0.889 bits per heavy atom. The van der Waals surface area contributed by atoms with E-state index in [0.29, 0.717) is 28.5 Å². The van der Waals surface area contributed by atoms with Crippen LogP contribution in [0.4, 0.5) is 17.2 Å². The van der Waals surface area contributed by atoms with Crippen LogP contribution in [-0.2, 0) is 0 Å². The third kappa shape index (κ3) is 5.54. The molecular formula is C28H32N6O2. The number of carbonyl (C=O) groups is 2. The monoisotopic (exact) mass is 484 g/mol. The zero-order valence-electron chi connectivity index (χ0n) is 21.2. The maximum Gasteiger partial charge on any atom is 0.259 e. The number of nitrogens with one attached hydrogen (secondary N) is 3. The first-order valence-corrected chi connectivity index (χ1v) is 12.0. The number of aromatic nitrogens is 1. The Bertz CT molecular complexity index is 1280. The largest absolute Gasteiger partial charge is 0.376 e. The van der Waals surface area contributed by atoms with Crippen molar-refractivity contribution in [1.82, 2.24) is 9.88 Å². The Kier molecular flexibility index (Phi) is 7.33. The Morgan fingerprint density at radius 2 is 1.56 bits per heavy atom. The van der Waals surface area contributed by atoms with E-state index >= 15 is 0 Å². The first-order chi connectivity index (χ1) is 17.2. The molecule has 0 radical (unpaired) electrons. The molecule has 36 heavy (non-hydrogen) atoms. The van der Waals surface area contributed by atoms with E-state index in [1.807, 2.05) is 45.0 Å². The molecule has 1 aliphatic rings. The van der Waals surface area contributed by atoms with Gasteiger partial charge in [0.1, 0.15) is 11.7 Å². The van der Waals surface area contributed by atoms with Crippen LogP contribution < -0.4 is 15.5 Å². The van der Waals surface area contributed by atoms with Crippen LogP contribution in [0, 0.1) is 19.3 Å². The maximum absolute atomic E-state index is 13.3. The molecule has 1 fully saturated rings. The van der Waals surface area contributed by atoms with Crippen molar-refractivity contribution < 1.29 is 9.59 Å². The van der Waals surface area contributed by atoms with E-state index in [4.69, 9.17) is 5.41 Å². The van der Waals surface area contributed by atoms with E-state index in [9.17, 15) is 9.59 Å². The van der Waals surface area contributed by atoms with Crippen LogP contribution in [0.5, 0.6) is 0 Å². The van der Waals surface area contributed by atoms with Gasteiger partial charge in [-0.1, -0.05) is 18.2 Å². The molecule has 0 atom stereocenters. The van der Waals surface area contributed by atoms with Crippen molar-refractivity contribution >= 4 is 34.8 Å². The fourth-order valence-corrected chi connectivity index (χ4v) is 4.24. The van der Waals surface area contributed by atoms with Crippen LogP contribution >= 0.6 is 0 Å². The molecule has 0 spiro atoms. The van der Waals surface area contributed by atoms with E-state index in [2.05, 4.69) is 20.5 Å². The summed E-state index contributed by atoms with van der Waals surface area (Å²) in [5, 5.41) is 14.2. The number of nitrogens with zero attached hydrogens (tertiary/aromatic N) is 3. The van der Waals surface area contributed by atoms with Crippen molar-refractivity contribution in [3.05, 3.63) is 82.5 Å². The van der Waals surface area contributed by atoms with Gasteiger partial charge in [0.15, 0.2) is 0 Å². The molecule has 0 aliphatic carbocycles. The summed E-state index contributed by atoms with van der Waals surface area (Å²) in [6.07, 6.45) is 3.89. The summed E-state index contributed by atoms with van der Waals surface area (Å²) < 4.78 is 0. The second-order valence-electron chi connectivity index (χ2n) is 9.35. The van der Waals surface area contributed by atoms with Crippen molar-refractivity contribution in [3.63, 3.8) is 0 Å². The van der Waals surface area contributed by atoms with Crippen LogP contribution in [0.2, 0.25) is 0 Å². The number of amides is 2. The lowest BCUT2D eigenvalue weighted by Crippen LogP contribution is -2.27. The average molecular weight is 485 g/mol. The fourth-order valence-electron chi connectivity index (χ4n) is 4.24. The second kappa shape index (κ2) is 10.6. The van der Waals surface area contributed by atoms with E-state index in [1.54, 1.807) is 42.6 Å². The number of benzene rings is 2. The quantitative estimate of drug-likeness (QED) is 0.348. The number of pyridine rings is 1. The van der Waals surface area contributed by atoms with Gasteiger partial charge in [-0.15, -0.1) is 0 Å². The van der Waals surface area contributed by atoms with Gasteiger partial charge in [0.05, 0.1) is 16.9 Å². The summed E-state index contributed by atoms with van der Waals surface area (Å²) in [6, 6.07) is 14.3. The molecule has 2 amide bonds. The van der Waals surface area contributed by atoms with Gasteiger partial charge in [0, 0.05) is 44.5 Å². The summed E-state index contributed by atoms with van der Waals surface area (Å²) in [5.74, 6) is 0.231. The Morgan fingerprint density at radius 3 is 2.17 bits per heavy atom. The number of hydrogen-bond acceptors (Lipinski definition) is 5. The minimum Gasteiger partial charge on any atom is -0.376 e. The van der Waals surface area contributed by atoms with Crippen molar-refractivity contribution in [2.45, 2.75) is 26.7 Å². The van der Waals surface area contributed by atoms with Gasteiger partial charge in [0.25, 0.3) is 11.8 Å². The molecule has 0 saturated carbocycles. The molecule has 4 rings (SSSR count). The number of carbonyl (C=O) groups excluding carboxylic acids is 2. The molecule has 8 heteroatoms. The first kappa shape index (κ1) is 24.9. The topological polar surface area (TPSA) is 101 Å². The van der Waals surface area contributed by atoms with Crippen LogP contribution in [0.3, 0.4) is 0 Å². The first-order valence-electron chi connectivity index (χ1n) is 12.0. The molecule has 3 aromatic rings. The number of aryl methyl sites for hydroxylation is 2. The molecule has 8 nitrogen and oxygen atoms in total. The van der Waals surface area contributed by atoms with Gasteiger partial charge in [-0.2, -0.15) is 0 Å². The van der Waals surface area contributed by atoms with E-state index in [1.165, 1.54) is 0 Å². The molecule has 1 aromatic heterocycles. The Balaban J connectivity index is 1.60. The van der Waals surface area contributed by atoms with Crippen molar-refractivity contribution in [2.75, 3.05) is 42.7 Å². The minimum atomic E-state index is -0.358. The lowest BCUT2D eigenvalue weighted by atomic mass is 10.0. The minimum absolute atomic E-state index is 0.330. The molecular weight excluding hydrogens is 452 g/mol. The highest BCUT2D eigenvalue weighted by molar-refractivity contribution is 6.15. The lowest BCUT2D eigenvalue weighted by Gasteiger charge is -2.22. The third-order valence-corrected chi connectivity index (χ3v) is 6.22. The fraction of sp³-hybridized carbons (Fsp3) is 0.286. The third-order valence-electron chi connectivity index (χ3n) is 6.22. The molecule has 0 unspecified atom stereocenters. The van der Waals surface area contributed by atoms with Crippen molar-refractivity contribution in [3.8, 4) is 0 Å². The molecule has 2 aromatic carbocycles. The van der Waals surface area contributed by atoms with Crippen molar-refractivity contribution in [1.29, 1.82) is 5.41 Å². The highest BCUT2D eigenvalue weighted by Gasteiger charge is 2.21. The highest BCUT2D eigenvalue weighted by atomic mass is 16.2. The molecule has 186 valence electrons. The van der Waals surface area contributed by atoms with E-state index in [0.717, 1.165) is 48.3 Å². The zero-order valence-corrected chi connectivity index (χ0v) is 21.2. The second-order valence-corrected chi connectivity index (χ2v) is 9.35. The van der Waals surface area contributed by atoms with E-state index < -0.39 is 0 Å². The van der Waals surface area contributed by atoms with Crippen LogP contribution in [-0.4, -0.2) is 54.7 Å². The number of hydrogen-bond donors (Lipinski definition) is 3. The standard InChI is InChI=1S/C28H32N6O2/c1-18-7-12-24(30-17-18)31-28(36)22-15-19(2)16-23(33(3)4)25(22)32-27(35)21-10-8-20(9-11-21)26(29)34-13-5-6-14-34/h7-12,15-17,29H,5-6,13-14H2,1-4H3,(H,32,35)(H,30,31,36). The number of anilines is 3. The van der Waals surface area contributed by atoms with Gasteiger partial charge >= 0.3 is 0 Å². The van der Waals surface area contributed by atoms with Crippen LogP contribution in [0.1, 0.15) is 50.2 Å². The summed E-state index contributed by atoms with van der Waals surface area (Å²) in [4.78, 5) is 34.7. The molecule has 1 aliphatic heterocycles. The molecule has 1 saturated heterocycles. The Labute approximate surface area is 211 Å². The average Bonchev–Trinajstić information content (AvgIpc) is 3.40. The normalized spacial score (nSPS) is 12.8.